The van der Waals surface area contributed by atoms with Gasteiger partial charge < -0.3 is 10.1 Å². The number of aromatic nitrogens is 2. The Bertz CT molecular complexity index is 580. The third kappa shape index (κ3) is 3.20. The minimum absolute atomic E-state index is 0.709. The summed E-state index contributed by atoms with van der Waals surface area (Å²) in [4.78, 5) is 0. The van der Waals surface area contributed by atoms with Gasteiger partial charge in [0.05, 0.1) is 18.5 Å². The number of hydrogen-bond donors (Lipinski definition) is 1. The molecular formula is C15H20ClN3O. The van der Waals surface area contributed by atoms with Gasteiger partial charge in [-0.25, -0.2) is 4.68 Å². The molecule has 0 aliphatic rings. The maximum absolute atomic E-state index is 6.17. The summed E-state index contributed by atoms with van der Waals surface area (Å²) in [7, 11) is 1.70. The van der Waals surface area contributed by atoms with Crippen molar-refractivity contribution in [3.8, 4) is 5.69 Å². The molecule has 2 aromatic rings. The van der Waals surface area contributed by atoms with Gasteiger partial charge in [-0.3, -0.25) is 0 Å². The summed E-state index contributed by atoms with van der Waals surface area (Å²) in [6.07, 6.45) is 1.90. The maximum atomic E-state index is 6.17. The number of benzene rings is 1. The van der Waals surface area contributed by atoms with Crippen molar-refractivity contribution in [2.24, 2.45) is 0 Å². The summed E-state index contributed by atoms with van der Waals surface area (Å²) in [5.41, 5.74) is 4.37. The molecule has 0 saturated heterocycles. The molecule has 0 atom stereocenters. The van der Waals surface area contributed by atoms with Crippen LogP contribution in [0.2, 0.25) is 5.02 Å². The van der Waals surface area contributed by atoms with Crippen molar-refractivity contribution in [1.82, 2.24) is 15.1 Å². The predicted molar refractivity (Wildman–Crippen MR) is 81.6 cm³/mol. The van der Waals surface area contributed by atoms with Crippen LogP contribution in [0, 0.1) is 13.8 Å². The number of nitrogens with one attached hydrogen (secondary N) is 1. The van der Waals surface area contributed by atoms with E-state index in [-0.39, 0.29) is 0 Å². The second-order valence-electron chi connectivity index (χ2n) is 4.72. The second kappa shape index (κ2) is 6.88. The van der Waals surface area contributed by atoms with Crippen molar-refractivity contribution in [3.63, 3.8) is 0 Å². The number of nitrogens with zero attached hydrogens (tertiary/aromatic N) is 2. The molecule has 1 aromatic heterocycles. The van der Waals surface area contributed by atoms with E-state index in [9.17, 15) is 0 Å². The molecule has 0 saturated carbocycles. The summed E-state index contributed by atoms with van der Waals surface area (Å²) in [5, 5.41) is 8.56. The number of rotatable bonds is 6. The van der Waals surface area contributed by atoms with Crippen LogP contribution in [-0.2, 0) is 11.3 Å². The topological polar surface area (TPSA) is 39.1 Å². The van der Waals surface area contributed by atoms with Crippen molar-refractivity contribution < 1.29 is 4.74 Å². The molecule has 0 aliphatic carbocycles. The van der Waals surface area contributed by atoms with Gasteiger partial charge in [-0.2, -0.15) is 5.10 Å². The first-order valence-electron chi connectivity index (χ1n) is 6.63. The number of halogens is 1. The molecule has 1 aromatic carbocycles. The van der Waals surface area contributed by atoms with Gasteiger partial charge in [-0.1, -0.05) is 17.7 Å². The fourth-order valence-electron chi connectivity index (χ4n) is 2.08. The average Bonchev–Trinajstić information content (AvgIpc) is 2.80. The highest BCUT2D eigenvalue weighted by Crippen LogP contribution is 2.23. The van der Waals surface area contributed by atoms with Crippen molar-refractivity contribution >= 4 is 11.6 Å². The van der Waals surface area contributed by atoms with E-state index < -0.39 is 0 Å². The molecule has 0 unspecified atom stereocenters. The first-order chi connectivity index (χ1) is 9.65. The molecular weight excluding hydrogens is 274 g/mol. The lowest BCUT2D eigenvalue weighted by atomic mass is 10.2. The molecule has 0 spiro atoms. The Balaban J connectivity index is 2.18. The second-order valence-corrected chi connectivity index (χ2v) is 5.13. The molecule has 20 heavy (non-hydrogen) atoms. The largest absolute Gasteiger partial charge is 0.383 e. The zero-order valence-corrected chi connectivity index (χ0v) is 12.9. The van der Waals surface area contributed by atoms with Crippen molar-refractivity contribution in [1.29, 1.82) is 0 Å². The molecule has 1 heterocycles. The first-order valence-corrected chi connectivity index (χ1v) is 7.01. The zero-order chi connectivity index (χ0) is 14.5. The van der Waals surface area contributed by atoms with E-state index >= 15 is 0 Å². The molecule has 0 bridgehead atoms. The highest BCUT2D eigenvalue weighted by atomic mass is 35.5. The summed E-state index contributed by atoms with van der Waals surface area (Å²) < 4.78 is 6.95. The summed E-state index contributed by atoms with van der Waals surface area (Å²) in [5.74, 6) is 0. The quantitative estimate of drug-likeness (QED) is 0.833. The lowest BCUT2D eigenvalue weighted by Crippen LogP contribution is -2.18. The third-order valence-corrected chi connectivity index (χ3v) is 3.79. The third-order valence-electron chi connectivity index (χ3n) is 3.38. The molecule has 0 aliphatic heterocycles. The minimum Gasteiger partial charge on any atom is -0.383 e. The van der Waals surface area contributed by atoms with E-state index in [0.717, 1.165) is 35.1 Å². The Morgan fingerprint density at radius 1 is 1.35 bits per heavy atom. The van der Waals surface area contributed by atoms with Gasteiger partial charge >= 0.3 is 0 Å². The van der Waals surface area contributed by atoms with Crippen molar-refractivity contribution in [2.75, 3.05) is 20.3 Å². The normalized spacial score (nSPS) is 11.0. The van der Waals surface area contributed by atoms with Gasteiger partial charge in [0, 0.05) is 36.5 Å². The van der Waals surface area contributed by atoms with E-state index in [1.54, 1.807) is 7.11 Å². The van der Waals surface area contributed by atoms with Gasteiger partial charge in [0.1, 0.15) is 0 Å². The van der Waals surface area contributed by atoms with Crippen LogP contribution in [0.1, 0.15) is 16.8 Å². The van der Waals surface area contributed by atoms with Crippen LogP contribution in [0.15, 0.2) is 24.4 Å². The summed E-state index contributed by atoms with van der Waals surface area (Å²) in [6, 6.07) is 5.87. The molecule has 0 amide bonds. The minimum atomic E-state index is 0.709. The van der Waals surface area contributed by atoms with Gasteiger partial charge in [-0.15, -0.1) is 0 Å². The maximum Gasteiger partial charge on any atom is 0.0692 e. The molecule has 0 fully saturated rings. The van der Waals surface area contributed by atoms with E-state index in [1.165, 1.54) is 5.56 Å². The number of methoxy groups -OCH3 is 1. The van der Waals surface area contributed by atoms with E-state index in [2.05, 4.69) is 17.3 Å². The molecule has 4 nitrogen and oxygen atoms in total. The molecule has 1 N–H and O–H groups in total. The van der Waals surface area contributed by atoms with Crippen LogP contribution in [0.25, 0.3) is 5.69 Å². The molecule has 0 radical (unpaired) electrons. The number of ether oxygens (including phenoxy) is 1. The van der Waals surface area contributed by atoms with Crippen LogP contribution in [0.4, 0.5) is 0 Å². The Labute approximate surface area is 124 Å². The Hall–Kier alpha value is -1.36. The summed E-state index contributed by atoms with van der Waals surface area (Å²) in [6.45, 7) is 6.41. The standard InChI is InChI=1S/C15H20ClN3O/c1-11-14(16)5-4-6-15(11)19-12(2)13(10-18-19)9-17-7-8-20-3/h4-6,10,17H,7-9H2,1-3H3. The zero-order valence-electron chi connectivity index (χ0n) is 12.1. The predicted octanol–water partition coefficient (Wildman–Crippen LogP) is 2.88. The first kappa shape index (κ1) is 15.0. The van der Waals surface area contributed by atoms with Gasteiger partial charge in [-0.05, 0) is 31.5 Å². The van der Waals surface area contributed by atoms with Crippen molar-refractivity contribution in [3.05, 3.63) is 46.2 Å². The SMILES string of the molecule is COCCNCc1cnn(-c2cccc(Cl)c2C)c1C. The lowest BCUT2D eigenvalue weighted by Gasteiger charge is -2.10. The fourth-order valence-corrected chi connectivity index (χ4v) is 2.25. The molecule has 5 heteroatoms. The van der Waals surface area contributed by atoms with Gasteiger partial charge in [0.15, 0.2) is 0 Å². The highest BCUT2D eigenvalue weighted by Gasteiger charge is 2.10. The Kier molecular flexibility index (Phi) is 5.17. The van der Waals surface area contributed by atoms with Crippen LogP contribution < -0.4 is 5.32 Å². The van der Waals surface area contributed by atoms with E-state index in [4.69, 9.17) is 16.3 Å². The van der Waals surface area contributed by atoms with E-state index in [0.29, 0.717) is 6.61 Å². The van der Waals surface area contributed by atoms with Gasteiger partial charge in [0.25, 0.3) is 0 Å². The monoisotopic (exact) mass is 293 g/mol. The fraction of sp³-hybridized carbons (Fsp3) is 0.400. The van der Waals surface area contributed by atoms with Gasteiger partial charge in [0.2, 0.25) is 0 Å². The lowest BCUT2D eigenvalue weighted by molar-refractivity contribution is 0.199. The summed E-state index contributed by atoms with van der Waals surface area (Å²) >= 11 is 6.17. The van der Waals surface area contributed by atoms with Crippen LogP contribution in [0.3, 0.4) is 0 Å². The molecule has 108 valence electrons. The van der Waals surface area contributed by atoms with Crippen molar-refractivity contribution in [2.45, 2.75) is 20.4 Å². The van der Waals surface area contributed by atoms with Crippen LogP contribution in [-0.4, -0.2) is 30.0 Å². The smallest absolute Gasteiger partial charge is 0.0692 e. The average molecular weight is 294 g/mol. The number of hydrogen-bond acceptors (Lipinski definition) is 3. The Morgan fingerprint density at radius 3 is 2.90 bits per heavy atom. The Morgan fingerprint density at radius 2 is 2.15 bits per heavy atom. The highest BCUT2D eigenvalue weighted by molar-refractivity contribution is 6.31. The van der Waals surface area contributed by atoms with Crippen LogP contribution >= 0.6 is 11.6 Å². The van der Waals surface area contributed by atoms with E-state index in [1.807, 2.05) is 36.0 Å². The molecule has 2 rings (SSSR count). The van der Waals surface area contributed by atoms with Crippen LogP contribution in [0.5, 0.6) is 0 Å².